The number of guanidine groups is 1. The van der Waals surface area contributed by atoms with Crippen LogP contribution in [0.15, 0.2) is 28.2 Å². The van der Waals surface area contributed by atoms with Crippen molar-refractivity contribution in [2.45, 2.75) is 26.2 Å². The van der Waals surface area contributed by atoms with Crippen LogP contribution < -0.4 is 20.9 Å². The minimum Gasteiger partial charge on any atom is -0.378 e. The molecule has 2 fully saturated rings. The number of amides is 3. The van der Waals surface area contributed by atoms with Crippen LogP contribution in [0.1, 0.15) is 40.0 Å². The first kappa shape index (κ1) is 28.0. The largest absolute Gasteiger partial charge is 0.378 e. The Labute approximate surface area is 245 Å². The number of anilines is 3. The quantitative estimate of drug-likeness (QED) is 0.546. The lowest BCUT2D eigenvalue weighted by Gasteiger charge is -2.34. The van der Waals surface area contributed by atoms with Crippen LogP contribution in [0.25, 0.3) is 0 Å². The van der Waals surface area contributed by atoms with Crippen LogP contribution in [0, 0.1) is 6.92 Å². The predicted molar refractivity (Wildman–Crippen MR) is 162 cm³/mol. The molecule has 3 amide bonds. The normalized spacial score (nSPS) is 20.9. The molecule has 1 aromatic carbocycles. The third-order valence-electron chi connectivity index (χ3n) is 8.40. The van der Waals surface area contributed by atoms with Crippen molar-refractivity contribution in [2.24, 2.45) is 15.7 Å². The second kappa shape index (κ2) is 12.0. The monoisotopic (exact) mass is 574 g/mol. The van der Waals surface area contributed by atoms with Gasteiger partial charge in [-0.25, -0.2) is 14.8 Å². The van der Waals surface area contributed by atoms with E-state index in [4.69, 9.17) is 20.4 Å². The average molecular weight is 575 g/mol. The number of rotatable bonds is 5. The molecule has 13 nitrogen and oxygen atoms in total. The van der Waals surface area contributed by atoms with Crippen LogP contribution in [-0.4, -0.2) is 116 Å². The number of morpholine rings is 1. The molecule has 0 radical (unpaired) electrons. The van der Waals surface area contributed by atoms with E-state index >= 15 is 0 Å². The lowest BCUT2D eigenvalue weighted by Crippen LogP contribution is -2.48. The summed E-state index contributed by atoms with van der Waals surface area (Å²) in [5.41, 5.74) is 9.64. The first-order valence-corrected chi connectivity index (χ1v) is 14.7. The Hall–Kier alpha value is -4.10. The van der Waals surface area contributed by atoms with Crippen molar-refractivity contribution in [1.82, 2.24) is 19.8 Å². The predicted octanol–water partition coefficient (Wildman–Crippen LogP) is 1.48. The molecule has 0 aliphatic carbocycles. The highest BCUT2D eigenvalue weighted by molar-refractivity contribution is 6.04. The summed E-state index contributed by atoms with van der Waals surface area (Å²) in [5, 5.41) is 3.05. The van der Waals surface area contributed by atoms with E-state index in [0.717, 1.165) is 49.5 Å². The Morgan fingerprint density at radius 3 is 2.55 bits per heavy atom. The molecular formula is C29H38N10O3. The van der Waals surface area contributed by atoms with Crippen molar-refractivity contribution in [1.29, 1.82) is 0 Å². The highest BCUT2D eigenvalue weighted by Crippen LogP contribution is 2.35. The van der Waals surface area contributed by atoms with Crippen LogP contribution >= 0.6 is 0 Å². The van der Waals surface area contributed by atoms with Crippen LogP contribution in [0.4, 0.5) is 22.2 Å². The second-order valence-electron chi connectivity index (χ2n) is 11.0. The summed E-state index contributed by atoms with van der Waals surface area (Å²) in [6.45, 7) is 11.7. The number of aliphatic imine (C=N–C) groups is 2. The van der Waals surface area contributed by atoms with E-state index in [2.05, 4.69) is 32.0 Å². The van der Waals surface area contributed by atoms with Gasteiger partial charge in [-0.15, -0.1) is 0 Å². The van der Waals surface area contributed by atoms with E-state index in [-0.39, 0.29) is 23.8 Å². The number of carbonyl (C=O) groups is 2. The number of ether oxygens (including phenoxy) is 1. The van der Waals surface area contributed by atoms with Crippen molar-refractivity contribution >= 4 is 41.6 Å². The summed E-state index contributed by atoms with van der Waals surface area (Å²) in [6, 6.07) is 5.18. The summed E-state index contributed by atoms with van der Waals surface area (Å²) < 4.78 is 5.53. The van der Waals surface area contributed by atoms with Crippen LogP contribution in [-0.2, 0) is 11.2 Å². The van der Waals surface area contributed by atoms with Gasteiger partial charge < -0.3 is 30.5 Å². The van der Waals surface area contributed by atoms with Crippen molar-refractivity contribution in [3.63, 3.8) is 0 Å². The first-order chi connectivity index (χ1) is 20.4. The van der Waals surface area contributed by atoms with Crippen molar-refractivity contribution < 1.29 is 14.3 Å². The van der Waals surface area contributed by atoms with Gasteiger partial charge in [-0.1, -0.05) is 6.92 Å². The van der Waals surface area contributed by atoms with Crippen LogP contribution in [0.2, 0.25) is 0 Å². The summed E-state index contributed by atoms with van der Waals surface area (Å²) in [6.07, 6.45) is 2.41. The number of nitrogens with two attached hydrogens (primary N) is 1. The lowest BCUT2D eigenvalue weighted by molar-refractivity contribution is 0.0643. The molecule has 222 valence electrons. The molecule has 0 spiro atoms. The lowest BCUT2D eigenvalue weighted by atomic mass is 10.0. The maximum absolute atomic E-state index is 13.6. The highest BCUT2D eigenvalue weighted by Gasteiger charge is 2.34. The minimum atomic E-state index is -0.274. The second-order valence-corrected chi connectivity index (χ2v) is 11.0. The number of aryl methyl sites for hydroxylation is 1. The molecule has 0 saturated carbocycles. The number of benzene rings is 1. The van der Waals surface area contributed by atoms with Gasteiger partial charge in [0.1, 0.15) is 5.82 Å². The van der Waals surface area contributed by atoms with Gasteiger partial charge >= 0.3 is 6.03 Å². The Balaban J connectivity index is 1.21. The van der Waals surface area contributed by atoms with Gasteiger partial charge in [0.2, 0.25) is 11.9 Å². The van der Waals surface area contributed by atoms with Gasteiger partial charge in [-0.05, 0) is 43.7 Å². The van der Waals surface area contributed by atoms with Crippen LogP contribution in [0.3, 0.4) is 0 Å². The van der Waals surface area contributed by atoms with Gasteiger partial charge in [0.05, 0.1) is 31.4 Å². The van der Waals surface area contributed by atoms with Crippen molar-refractivity contribution in [2.75, 3.05) is 87.2 Å². The van der Waals surface area contributed by atoms with E-state index in [1.807, 2.05) is 24.0 Å². The molecule has 13 heteroatoms. The zero-order valence-corrected chi connectivity index (χ0v) is 24.3. The third kappa shape index (κ3) is 5.66. The zero-order valence-electron chi connectivity index (χ0n) is 24.3. The molecule has 0 bridgehead atoms. The smallest absolute Gasteiger partial charge is 0.327 e. The fourth-order valence-electron chi connectivity index (χ4n) is 5.85. The minimum absolute atomic E-state index is 0.0254. The molecule has 2 saturated heterocycles. The number of nitrogens with zero attached hydrogens (tertiary/aromatic N) is 8. The summed E-state index contributed by atoms with van der Waals surface area (Å²) >= 11 is 0. The molecule has 6 rings (SSSR count). The van der Waals surface area contributed by atoms with Crippen molar-refractivity contribution in [3.05, 3.63) is 40.6 Å². The Morgan fingerprint density at radius 1 is 1.07 bits per heavy atom. The Morgan fingerprint density at radius 2 is 1.86 bits per heavy atom. The van der Waals surface area contributed by atoms with E-state index in [1.54, 1.807) is 17.2 Å². The molecule has 42 heavy (non-hydrogen) atoms. The van der Waals surface area contributed by atoms with Crippen molar-refractivity contribution in [3.8, 4) is 0 Å². The first-order valence-electron chi connectivity index (χ1n) is 14.7. The molecule has 5 heterocycles. The fraction of sp³-hybridized carbons (Fsp3) is 0.517. The average Bonchev–Trinajstić information content (AvgIpc) is 3.46. The highest BCUT2D eigenvalue weighted by atomic mass is 16.5. The molecular weight excluding hydrogens is 536 g/mol. The van der Waals surface area contributed by atoms with E-state index in [0.29, 0.717) is 68.8 Å². The van der Waals surface area contributed by atoms with E-state index in [9.17, 15) is 9.59 Å². The van der Waals surface area contributed by atoms with Gasteiger partial charge in [0.15, 0.2) is 0 Å². The van der Waals surface area contributed by atoms with Gasteiger partial charge in [-0.2, -0.15) is 4.98 Å². The van der Waals surface area contributed by atoms with E-state index < -0.39 is 0 Å². The number of carbonyl (C=O) groups excluding carboxylic acids is 2. The number of aromatic nitrogens is 2. The standard InChI is InChI=1S/C29H38N10O3/c1-3-36-8-10-37(11-9-36)26(40)20-4-5-23(19(2)16-20)33-29(41)39-7-6-22-24(21-17-31-27(30)32-18-21)34-28(35-25(22)39)38-12-14-42-15-13-38/h4-5,16-17,21H,3,6-15,18H2,1-2H3,(H2,30,32)(H,33,41). The molecule has 1 aromatic heterocycles. The SMILES string of the molecule is CCN1CCN(C(=O)c2ccc(NC(=O)N3CCc4c(C5C=NC(N)=NC5)nc(N5CCOCC5)nc43)c(C)c2)CC1. The molecule has 1 atom stereocenters. The zero-order chi connectivity index (χ0) is 29.2. The Bertz CT molecular complexity index is 1410. The topological polar surface area (TPSA) is 145 Å². The maximum Gasteiger partial charge on any atom is 0.327 e. The molecule has 2 aromatic rings. The number of piperazine rings is 1. The number of nitrogens with one attached hydrogen (secondary N) is 1. The summed E-state index contributed by atoms with van der Waals surface area (Å²) in [4.78, 5) is 53.1. The van der Waals surface area contributed by atoms with Crippen LogP contribution in [0.5, 0.6) is 0 Å². The Kier molecular flexibility index (Phi) is 8.02. The number of likely N-dealkylation sites (N-methyl/N-ethyl adjacent to an activating group) is 1. The number of urea groups is 1. The molecule has 4 aliphatic rings. The summed E-state index contributed by atoms with van der Waals surface area (Å²) in [7, 11) is 0. The number of fused-ring (bicyclic) bond motifs is 1. The molecule has 3 N–H and O–H groups in total. The maximum atomic E-state index is 13.6. The van der Waals surface area contributed by atoms with Gasteiger partial charge in [-0.3, -0.25) is 14.7 Å². The van der Waals surface area contributed by atoms with Gasteiger partial charge in [0, 0.05) is 68.8 Å². The van der Waals surface area contributed by atoms with E-state index in [1.165, 1.54) is 0 Å². The summed E-state index contributed by atoms with van der Waals surface area (Å²) in [5.74, 6) is 1.31. The molecule has 4 aliphatic heterocycles. The third-order valence-corrected chi connectivity index (χ3v) is 8.40. The van der Waals surface area contributed by atoms with Gasteiger partial charge in [0.25, 0.3) is 5.91 Å². The number of hydrogen-bond acceptors (Lipinski definition) is 10. The fourth-order valence-corrected chi connectivity index (χ4v) is 5.85. The number of hydrogen-bond donors (Lipinski definition) is 2. The molecule has 1 unspecified atom stereocenters.